The lowest BCUT2D eigenvalue weighted by Crippen LogP contribution is -2.13. The van der Waals surface area contributed by atoms with Gasteiger partial charge in [-0.05, 0) is 47.2 Å². The lowest BCUT2D eigenvalue weighted by Gasteiger charge is -2.19. The summed E-state index contributed by atoms with van der Waals surface area (Å²) in [5, 5.41) is 19.9. The summed E-state index contributed by atoms with van der Waals surface area (Å²) in [5.41, 5.74) is 10.2. The molecule has 136 valence electrons. The summed E-state index contributed by atoms with van der Waals surface area (Å²) in [6.45, 7) is 4.08. The molecule has 0 aliphatic carbocycles. The van der Waals surface area contributed by atoms with E-state index in [1.165, 1.54) is 12.7 Å². The summed E-state index contributed by atoms with van der Waals surface area (Å²) in [5.74, 6) is 0.817. The van der Waals surface area contributed by atoms with Crippen molar-refractivity contribution >= 4 is 5.69 Å². The Hall–Kier alpha value is -2.24. The van der Waals surface area contributed by atoms with Crippen LogP contribution in [0.3, 0.4) is 0 Å². The second-order valence-electron chi connectivity index (χ2n) is 5.94. The zero-order valence-corrected chi connectivity index (χ0v) is 15.1. The van der Waals surface area contributed by atoms with E-state index < -0.39 is 6.10 Å². The number of aliphatic hydroxyl groups is 2. The van der Waals surface area contributed by atoms with Crippen molar-refractivity contribution in [3.8, 4) is 11.5 Å². The smallest absolute Gasteiger partial charge is 0.184 e. The Balaban J connectivity index is 2.21. The van der Waals surface area contributed by atoms with Gasteiger partial charge in [0.2, 0.25) is 0 Å². The van der Waals surface area contributed by atoms with Gasteiger partial charge >= 0.3 is 0 Å². The van der Waals surface area contributed by atoms with Gasteiger partial charge in [-0.25, -0.2) is 0 Å². The van der Waals surface area contributed by atoms with Crippen molar-refractivity contribution in [2.75, 3.05) is 19.5 Å². The van der Waals surface area contributed by atoms with Crippen LogP contribution in [-0.4, -0.2) is 23.9 Å². The summed E-state index contributed by atoms with van der Waals surface area (Å²) in [4.78, 5) is 0. The van der Waals surface area contributed by atoms with Gasteiger partial charge < -0.3 is 25.4 Å². The first-order valence-electron chi connectivity index (χ1n) is 8.53. The number of aliphatic hydroxyl groups excluding tert-OH is 2. The Bertz CT molecular complexity index is 715. The number of nitrogen functional groups attached to an aromatic ring is 1. The predicted molar refractivity (Wildman–Crippen MR) is 99.0 cm³/mol. The minimum absolute atomic E-state index is 0.0687. The number of methoxy groups -OCH3 is 1. The first-order valence-corrected chi connectivity index (χ1v) is 8.53. The Labute approximate surface area is 149 Å². The number of hydrogen-bond acceptors (Lipinski definition) is 5. The highest BCUT2D eigenvalue weighted by Crippen LogP contribution is 2.36. The normalized spacial score (nSPS) is 12.0. The second-order valence-corrected chi connectivity index (χ2v) is 5.94. The third-order valence-corrected chi connectivity index (χ3v) is 4.29. The van der Waals surface area contributed by atoms with Gasteiger partial charge in [0.25, 0.3) is 0 Å². The Morgan fingerprint density at radius 1 is 1.08 bits per heavy atom. The first kappa shape index (κ1) is 19.1. The zero-order chi connectivity index (χ0) is 18.4. The minimum Gasteiger partial charge on any atom is -0.493 e. The molecule has 1 atom stereocenters. The summed E-state index contributed by atoms with van der Waals surface area (Å²) in [6, 6.07) is 9.49. The number of ether oxygens (including phenoxy) is 2. The average Bonchev–Trinajstić information content (AvgIpc) is 2.65. The van der Waals surface area contributed by atoms with Gasteiger partial charge in [-0.3, -0.25) is 0 Å². The Kier molecular flexibility index (Phi) is 6.67. The van der Waals surface area contributed by atoms with Crippen molar-refractivity contribution < 1.29 is 19.7 Å². The van der Waals surface area contributed by atoms with Crippen LogP contribution in [0.2, 0.25) is 0 Å². The third kappa shape index (κ3) is 4.44. The lowest BCUT2D eigenvalue weighted by atomic mass is 9.97. The predicted octanol–water partition coefficient (Wildman–Crippen LogP) is 3.01. The molecule has 0 radical (unpaired) electrons. The number of benzene rings is 2. The van der Waals surface area contributed by atoms with Crippen LogP contribution in [0.1, 0.15) is 42.2 Å². The van der Waals surface area contributed by atoms with E-state index in [-0.39, 0.29) is 13.2 Å². The van der Waals surface area contributed by atoms with Crippen LogP contribution < -0.4 is 15.2 Å². The molecule has 0 amide bonds. The fourth-order valence-electron chi connectivity index (χ4n) is 2.83. The largest absolute Gasteiger partial charge is 0.493 e. The molecule has 0 aliphatic heterocycles. The molecule has 2 aromatic carbocycles. The highest BCUT2D eigenvalue weighted by Gasteiger charge is 2.17. The van der Waals surface area contributed by atoms with E-state index in [1.54, 1.807) is 12.1 Å². The number of aryl methyl sites for hydroxylation is 2. The molecule has 5 heteroatoms. The molecule has 4 N–H and O–H groups in total. The molecule has 0 saturated heterocycles. The lowest BCUT2D eigenvalue weighted by molar-refractivity contribution is 0.106. The molecule has 5 nitrogen and oxygen atoms in total. The molecule has 0 bridgehead atoms. The van der Waals surface area contributed by atoms with Crippen LogP contribution in [0.5, 0.6) is 11.5 Å². The molecule has 0 aliphatic rings. The fraction of sp³-hybridized carbons (Fsp3) is 0.400. The summed E-state index contributed by atoms with van der Waals surface area (Å²) in [6.07, 6.45) is 0.990. The van der Waals surface area contributed by atoms with Crippen LogP contribution in [0.15, 0.2) is 30.3 Å². The molecule has 0 saturated carbocycles. The van der Waals surface area contributed by atoms with Gasteiger partial charge in [-0.1, -0.05) is 32.0 Å². The quantitative estimate of drug-likeness (QED) is 0.641. The highest BCUT2D eigenvalue weighted by molar-refractivity contribution is 5.62. The van der Waals surface area contributed by atoms with E-state index in [4.69, 9.17) is 15.2 Å². The zero-order valence-electron chi connectivity index (χ0n) is 15.1. The molecular weight excluding hydrogens is 318 g/mol. The van der Waals surface area contributed by atoms with Crippen LogP contribution in [0.4, 0.5) is 5.69 Å². The van der Waals surface area contributed by atoms with Crippen LogP contribution >= 0.6 is 0 Å². The summed E-state index contributed by atoms with van der Waals surface area (Å²) in [7, 11) is 1.51. The standard InChI is InChI=1S/C20H27NO4/c1-4-13-6-7-15(5-2)16(8-13)18(23)12-25-20-17(21)9-14(11-22)10-19(20)24-3/h6-10,18,22-23H,4-5,11-12,21H2,1-3H3. The molecule has 0 heterocycles. The minimum atomic E-state index is -0.761. The summed E-state index contributed by atoms with van der Waals surface area (Å²) < 4.78 is 11.1. The number of hydrogen-bond donors (Lipinski definition) is 3. The third-order valence-electron chi connectivity index (χ3n) is 4.29. The second kappa shape index (κ2) is 8.74. The van der Waals surface area contributed by atoms with E-state index in [9.17, 15) is 10.2 Å². The van der Waals surface area contributed by atoms with Crippen LogP contribution in [0.25, 0.3) is 0 Å². The highest BCUT2D eigenvalue weighted by atomic mass is 16.5. The van der Waals surface area contributed by atoms with Gasteiger partial charge in [0.05, 0.1) is 19.4 Å². The van der Waals surface area contributed by atoms with Crippen molar-refractivity contribution in [3.63, 3.8) is 0 Å². The maximum Gasteiger partial charge on any atom is 0.184 e. The van der Waals surface area contributed by atoms with Crippen molar-refractivity contribution in [3.05, 3.63) is 52.6 Å². The molecule has 2 rings (SSSR count). The first-order chi connectivity index (χ1) is 12.0. The van der Waals surface area contributed by atoms with E-state index in [0.29, 0.717) is 22.7 Å². The van der Waals surface area contributed by atoms with Crippen molar-refractivity contribution in [2.45, 2.75) is 39.4 Å². The maximum atomic E-state index is 10.6. The monoisotopic (exact) mass is 345 g/mol. The molecule has 2 aromatic rings. The van der Waals surface area contributed by atoms with Gasteiger partial charge in [0, 0.05) is 0 Å². The van der Waals surface area contributed by atoms with E-state index >= 15 is 0 Å². The van der Waals surface area contributed by atoms with Crippen molar-refractivity contribution in [2.24, 2.45) is 0 Å². The van der Waals surface area contributed by atoms with Gasteiger partial charge in [0.1, 0.15) is 12.7 Å². The Morgan fingerprint density at radius 3 is 2.44 bits per heavy atom. The van der Waals surface area contributed by atoms with E-state index in [0.717, 1.165) is 24.0 Å². The maximum absolute atomic E-state index is 10.6. The van der Waals surface area contributed by atoms with Crippen molar-refractivity contribution in [1.82, 2.24) is 0 Å². The molecule has 0 aromatic heterocycles. The molecule has 0 fully saturated rings. The molecular formula is C20H27NO4. The Morgan fingerprint density at radius 2 is 1.84 bits per heavy atom. The molecule has 25 heavy (non-hydrogen) atoms. The van der Waals surface area contributed by atoms with Crippen LogP contribution in [-0.2, 0) is 19.4 Å². The number of rotatable bonds is 8. The SMILES string of the molecule is CCc1ccc(CC)c(C(O)COc2c(N)cc(CO)cc2OC)c1. The summed E-state index contributed by atoms with van der Waals surface area (Å²) >= 11 is 0. The molecule has 1 unspecified atom stereocenters. The van der Waals surface area contributed by atoms with E-state index in [2.05, 4.69) is 26.0 Å². The molecule has 0 spiro atoms. The van der Waals surface area contributed by atoms with Crippen LogP contribution in [0, 0.1) is 0 Å². The van der Waals surface area contributed by atoms with Gasteiger partial charge in [0.15, 0.2) is 11.5 Å². The topological polar surface area (TPSA) is 84.9 Å². The fourth-order valence-corrected chi connectivity index (χ4v) is 2.83. The van der Waals surface area contributed by atoms with E-state index in [1.807, 2.05) is 6.07 Å². The number of anilines is 1. The van der Waals surface area contributed by atoms with Gasteiger partial charge in [-0.2, -0.15) is 0 Å². The van der Waals surface area contributed by atoms with Crippen molar-refractivity contribution in [1.29, 1.82) is 0 Å². The average molecular weight is 345 g/mol. The number of nitrogens with two attached hydrogens (primary N) is 1. The van der Waals surface area contributed by atoms with Gasteiger partial charge in [-0.15, -0.1) is 0 Å².